The standard InChI is InChI=1S/C17H20FN3O2/c18-15-3-1-2-14(12-15)17(23)20-8-5-13(6-9-20)16-4-7-19-21(16)10-11-22/h1-4,7,12-13,22H,5-6,8-11H2. The Morgan fingerprint density at radius 2 is 2.09 bits per heavy atom. The summed E-state index contributed by atoms with van der Waals surface area (Å²) in [6.07, 6.45) is 3.44. The molecule has 0 bridgehead atoms. The maximum Gasteiger partial charge on any atom is 0.253 e. The predicted octanol–water partition coefficient (Wildman–Crippen LogP) is 2.03. The molecule has 6 heteroatoms. The number of likely N-dealkylation sites (tertiary alicyclic amines) is 1. The molecule has 0 spiro atoms. The van der Waals surface area contributed by atoms with Gasteiger partial charge in [0.1, 0.15) is 5.82 Å². The number of rotatable bonds is 4. The third-order valence-corrected chi connectivity index (χ3v) is 4.33. The number of hydrogen-bond donors (Lipinski definition) is 1. The van der Waals surface area contributed by atoms with Crippen LogP contribution in [0.25, 0.3) is 0 Å². The Labute approximate surface area is 134 Å². The molecule has 0 aliphatic carbocycles. The van der Waals surface area contributed by atoms with Crippen molar-refractivity contribution in [3.05, 3.63) is 53.6 Å². The summed E-state index contributed by atoms with van der Waals surface area (Å²) in [6.45, 7) is 1.84. The van der Waals surface area contributed by atoms with Gasteiger partial charge in [-0.25, -0.2) is 4.39 Å². The summed E-state index contributed by atoms with van der Waals surface area (Å²) >= 11 is 0. The van der Waals surface area contributed by atoms with E-state index in [1.165, 1.54) is 12.1 Å². The number of aliphatic hydroxyl groups excluding tert-OH is 1. The second-order valence-corrected chi connectivity index (χ2v) is 5.78. The van der Waals surface area contributed by atoms with Crippen LogP contribution in [0, 0.1) is 5.82 Å². The largest absolute Gasteiger partial charge is 0.394 e. The van der Waals surface area contributed by atoms with Gasteiger partial charge in [-0.3, -0.25) is 9.48 Å². The maximum absolute atomic E-state index is 13.3. The van der Waals surface area contributed by atoms with E-state index in [2.05, 4.69) is 5.10 Å². The summed E-state index contributed by atoms with van der Waals surface area (Å²) in [7, 11) is 0. The molecule has 23 heavy (non-hydrogen) atoms. The van der Waals surface area contributed by atoms with Gasteiger partial charge in [0.2, 0.25) is 0 Å². The van der Waals surface area contributed by atoms with Crippen molar-refractivity contribution in [3.8, 4) is 0 Å². The predicted molar refractivity (Wildman–Crippen MR) is 83.6 cm³/mol. The first-order valence-corrected chi connectivity index (χ1v) is 7.86. The molecule has 0 unspecified atom stereocenters. The van der Waals surface area contributed by atoms with Crippen molar-refractivity contribution in [1.82, 2.24) is 14.7 Å². The van der Waals surface area contributed by atoms with Crippen molar-refractivity contribution in [1.29, 1.82) is 0 Å². The van der Waals surface area contributed by atoms with E-state index in [0.29, 0.717) is 31.1 Å². The van der Waals surface area contributed by atoms with E-state index in [1.807, 2.05) is 10.7 Å². The highest BCUT2D eigenvalue weighted by Gasteiger charge is 2.26. The molecule has 1 aliphatic heterocycles. The molecule has 3 rings (SSSR count). The smallest absolute Gasteiger partial charge is 0.253 e. The number of amides is 1. The fourth-order valence-corrected chi connectivity index (χ4v) is 3.15. The Hall–Kier alpha value is -2.21. The highest BCUT2D eigenvalue weighted by molar-refractivity contribution is 5.94. The maximum atomic E-state index is 13.3. The number of halogens is 1. The number of nitrogens with zero attached hydrogens (tertiary/aromatic N) is 3. The van der Waals surface area contributed by atoms with Crippen LogP contribution >= 0.6 is 0 Å². The van der Waals surface area contributed by atoms with Crippen LogP contribution in [0.4, 0.5) is 4.39 Å². The fourth-order valence-electron chi connectivity index (χ4n) is 3.15. The van der Waals surface area contributed by atoms with Gasteiger partial charge in [-0.05, 0) is 37.1 Å². The minimum absolute atomic E-state index is 0.0611. The van der Waals surface area contributed by atoms with E-state index in [1.54, 1.807) is 23.2 Å². The Bertz CT molecular complexity index is 678. The normalized spacial score (nSPS) is 15.8. The van der Waals surface area contributed by atoms with Crippen molar-refractivity contribution < 1.29 is 14.3 Å². The molecule has 0 radical (unpaired) electrons. The molecule has 1 fully saturated rings. The summed E-state index contributed by atoms with van der Waals surface area (Å²) in [5.41, 5.74) is 1.51. The van der Waals surface area contributed by atoms with Gasteiger partial charge in [0, 0.05) is 36.5 Å². The Morgan fingerprint density at radius 1 is 1.30 bits per heavy atom. The lowest BCUT2D eigenvalue weighted by Gasteiger charge is -2.32. The zero-order valence-electron chi connectivity index (χ0n) is 12.9. The van der Waals surface area contributed by atoms with Crippen LogP contribution in [0.3, 0.4) is 0 Å². The highest BCUT2D eigenvalue weighted by Crippen LogP contribution is 2.28. The zero-order chi connectivity index (χ0) is 16.2. The zero-order valence-corrected chi connectivity index (χ0v) is 12.9. The third kappa shape index (κ3) is 3.42. The van der Waals surface area contributed by atoms with Gasteiger partial charge in [0.05, 0.1) is 13.2 Å². The molecule has 2 heterocycles. The number of hydrogen-bond acceptors (Lipinski definition) is 3. The van der Waals surface area contributed by atoms with Crippen LogP contribution in [0.2, 0.25) is 0 Å². The number of carbonyl (C=O) groups is 1. The van der Waals surface area contributed by atoms with Gasteiger partial charge in [-0.1, -0.05) is 6.07 Å². The van der Waals surface area contributed by atoms with Crippen LogP contribution in [0.5, 0.6) is 0 Å². The fraction of sp³-hybridized carbons (Fsp3) is 0.412. The Balaban J connectivity index is 1.64. The molecular weight excluding hydrogens is 297 g/mol. The number of carbonyl (C=O) groups excluding carboxylic acids is 1. The average molecular weight is 317 g/mol. The third-order valence-electron chi connectivity index (χ3n) is 4.33. The molecular formula is C17H20FN3O2. The minimum atomic E-state index is -0.390. The van der Waals surface area contributed by atoms with Crippen LogP contribution in [-0.4, -0.2) is 45.4 Å². The number of aromatic nitrogens is 2. The average Bonchev–Trinajstić information content (AvgIpc) is 3.03. The van der Waals surface area contributed by atoms with Gasteiger partial charge < -0.3 is 10.0 Å². The lowest BCUT2D eigenvalue weighted by Crippen LogP contribution is -2.38. The van der Waals surface area contributed by atoms with Crippen molar-refractivity contribution in [2.45, 2.75) is 25.3 Å². The van der Waals surface area contributed by atoms with E-state index in [0.717, 1.165) is 18.5 Å². The Kier molecular flexibility index (Phi) is 4.71. The van der Waals surface area contributed by atoms with E-state index in [9.17, 15) is 9.18 Å². The van der Waals surface area contributed by atoms with Crippen molar-refractivity contribution in [2.75, 3.05) is 19.7 Å². The van der Waals surface area contributed by atoms with E-state index >= 15 is 0 Å². The molecule has 122 valence electrons. The molecule has 0 atom stereocenters. The minimum Gasteiger partial charge on any atom is -0.394 e. The quantitative estimate of drug-likeness (QED) is 0.939. The highest BCUT2D eigenvalue weighted by atomic mass is 19.1. The number of aliphatic hydroxyl groups is 1. The number of piperidine rings is 1. The summed E-state index contributed by atoms with van der Waals surface area (Å²) in [5.74, 6) is -0.175. The lowest BCUT2D eigenvalue weighted by molar-refractivity contribution is 0.0710. The van der Waals surface area contributed by atoms with Crippen LogP contribution in [0.1, 0.15) is 34.8 Å². The van der Waals surface area contributed by atoms with Gasteiger partial charge >= 0.3 is 0 Å². The van der Waals surface area contributed by atoms with Crippen LogP contribution in [-0.2, 0) is 6.54 Å². The first-order valence-electron chi connectivity index (χ1n) is 7.86. The number of benzene rings is 1. The second kappa shape index (κ2) is 6.91. The monoisotopic (exact) mass is 317 g/mol. The summed E-state index contributed by atoms with van der Waals surface area (Å²) in [4.78, 5) is 14.2. The second-order valence-electron chi connectivity index (χ2n) is 5.78. The van der Waals surface area contributed by atoms with E-state index in [4.69, 9.17) is 5.11 Å². The molecule has 1 saturated heterocycles. The van der Waals surface area contributed by atoms with Crippen molar-refractivity contribution >= 4 is 5.91 Å². The molecule has 1 aromatic heterocycles. The molecule has 1 amide bonds. The van der Waals surface area contributed by atoms with E-state index in [-0.39, 0.29) is 12.5 Å². The van der Waals surface area contributed by atoms with Gasteiger partial charge in [-0.15, -0.1) is 0 Å². The first-order chi connectivity index (χ1) is 11.2. The van der Waals surface area contributed by atoms with Crippen molar-refractivity contribution in [3.63, 3.8) is 0 Å². The topological polar surface area (TPSA) is 58.4 Å². The Morgan fingerprint density at radius 3 is 2.78 bits per heavy atom. The summed E-state index contributed by atoms with van der Waals surface area (Å²) in [6, 6.07) is 7.80. The molecule has 5 nitrogen and oxygen atoms in total. The SMILES string of the molecule is O=C(c1cccc(F)c1)N1CCC(c2ccnn2CCO)CC1. The lowest BCUT2D eigenvalue weighted by atomic mass is 9.93. The molecule has 1 N–H and O–H groups in total. The van der Waals surface area contributed by atoms with Crippen molar-refractivity contribution in [2.24, 2.45) is 0 Å². The molecule has 2 aromatic rings. The summed E-state index contributed by atoms with van der Waals surface area (Å²) in [5, 5.41) is 13.3. The van der Waals surface area contributed by atoms with Gasteiger partial charge in [-0.2, -0.15) is 5.10 Å². The van der Waals surface area contributed by atoms with Crippen LogP contribution < -0.4 is 0 Å². The first kappa shape index (κ1) is 15.7. The molecule has 0 saturated carbocycles. The van der Waals surface area contributed by atoms with E-state index < -0.39 is 5.82 Å². The summed E-state index contributed by atoms with van der Waals surface area (Å²) < 4.78 is 15.1. The van der Waals surface area contributed by atoms with Gasteiger partial charge in [0.15, 0.2) is 0 Å². The molecule has 1 aromatic carbocycles. The van der Waals surface area contributed by atoms with Crippen LogP contribution in [0.15, 0.2) is 36.5 Å². The molecule has 1 aliphatic rings. The van der Waals surface area contributed by atoms with Gasteiger partial charge in [0.25, 0.3) is 5.91 Å².